The minimum Gasteiger partial charge on any atom is -0.460 e. The van der Waals surface area contributed by atoms with E-state index in [0.29, 0.717) is 11.1 Å². The van der Waals surface area contributed by atoms with E-state index in [4.69, 9.17) is 25.5 Å². The Morgan fingerprint density at radius 1 is 1.06 bits per heavy atom. The van der Waals surface area contributed by atoms with E-state index in [1.165, 1.54) is 43.3 Å². The van der Waals surface area contributed by atoms with Crippen molar-refractivity contribution < 1.29 is 27.9 Å². The Bertz CT molecular complexity index is 1520. The highest BCUT2D eigenvalue weighted by Gasteiger charge is 2.32. The van der Waals surface area contributed by atoms with Crippen molar-refractivity contribution in [1.29, 1.82) is 0 Å². The maximum absolute atomic E-state index is 14.4. The fraction of sp³-hybridized carbons (Fsp3) is 0.115. The van der Waals surface area contributed by atoms with E-state index in [9.17, 15) is 18.8 Å². The van der Waals surface area contributed by atoms with E-state index in [1.807, 2.05) is 0 Å². The van der Waals surface area contributed by atoms with Crippen LogP contribution in [0, 0.1) is 12.7 Å². The zero-order valence-electron chi connectivity index (χ0n) is 17.8. The first-order chi connectivity index (χ1) is 16.3. The summed E-state index contributed by atoms with van der Waals surface area (Å²) in [5, 5.41) is 0.252. The molecule has 1 aliphatic rings. The minimum atomic E-state index is -1.10. The Morgan fingerprint density at radius 2 is 1.85 bits per heavy atom. The molecule has 0 saturated carbocycles. The van der Waals surface area contributed by atoms with Crippen molar-refractivity contribution in [2.45, 2.75) is 19.4 Å². The Balaban J connectivity index is 1.46. The van der Waals surface area contributed by atoms with Crippen LogP contribution in [0.25, 0.3) is 22.1 Å². The van der Waals surface area contributed by atoms with E-state index in [1.54, 1.807) is 24.3 Å². The molecule has 0 fully saturated rings. The fourth-order valence-corrected chi connectivity index (χ4v) is 4.28. The number of aryl methyl sites for hydroxylation is 1. The monoisotopic (exact) mass is 478 g/mol. The highest BCUT2D eigenvalue weighted by atomic mass is 35.5. The number of esters is 2. The van der Waals surface area contributed by atoms with Gasteiger partial charge in [0.25, 0.3) is 0 Å². The lowest BCUT2D eigenvalue weighted by Gasteiger charge is -2.23. The second-order valence-electron chi connectivity index (χ2n) is 7.79. The molecule has 0 spiro atoms. The van der Waals surface area contributed by atoms with Gasteiger partial charge in [-0.3, -0.25) is 4.79 Å². The Kier molecular flexibility index (Phi) is 5.42. The van der Waals surface area contributed by atoms with Crippen LogP contribution in [0.2, 0.25) is 5.02 Å². The maximum atomic E-state index is 14.4. The molecule has 0 amide bonds. The van der Waals surface area contributed by atoms with Crippen molar-refractivity contribution in [2.75, 3.05) is 0 Å². The number of fused-ring (bicyclic) bond motifs is 2. The van der Waals surface area contributed by atoms with E-state index in [2.05, 4.69) is 0 Å². The predicted octanol–water partition coefficient (Wildman–Crippen LogP) is 5.25. The summed E-state index contributed by atoms with van der Waals surface area (Å²) < 4.78 is 30.8. The maximum Gasteiger partial charge on any atom is 0.353 e. The van der Waals surface area contributed by atoms with Crippen molar-refractivity contribution in [1.82, 2.24) is 0 Å². The lowest BCUT2D eigenvalue weighted by Crippen LogP contribution is -2.36. The van der Waals surface area contributed by atoms with E-state index in [0.717, 1.165) is 0 Å². The van der Waals surface area contributed by atoms with Gasteiger partial charge in [-0.2, -0.15) is 0 Å². The van der Waals surface area contributed by atoms with Crippen molar-refractivity contribution in [2.24, 2.45) is 0 Å². The third-order valence-corrected chi connectivity index (χ3v) is 5.94. The van der Waals surface area contributed by atoms with Gasteiger partial charge < -0.3 is 13.9 Å². The van der Waals surface area contributed by atoms with Crippen LogP contribution in [0.15, 0.2) is 69.9 Å². The molecule has 34 heavy (non-hydrogen) atoms. The molecule has 0 bridgehead atoms. The number of benzene rings is 3. The zero-order valence-corrected chi connectivity index (χ0v) is 18.5. The molecule has 6 nitrogen and oxygen atoms in total. The van der Waals surface area contributed by atoms with Crippen LogP contribution < -0.4 is 10.2 Å². The van der Waals surface area contributed by atoms with Crippen LogP contribution in [0.1, 0.15) is 21.7 Å². The molecule has 1 atom stereocenters. The first-order valence-electron chi connectivity index (χ1n) is 10.4. The largest absolute Gasteiger partial charge is 0.460 e. The molecule has 170 valence electrons. The second kappa shape index (κ2) is 8.43. The third kappa shape index (κ3) is 3.74. The summed E-state index contributed by atoms with van der Waals surface area (Å²) in [6.07, 6.45) is -0.910. The van der Waals surface area contributed by atoms with Crippen molar-refractivity contribution in [3.63, 3.8) is 0 Å². The molecule has 0 aliphatic carbocycles. The van der Waals surface area contributed by atoms with Crippen molar-refractivity contribution >= 4 is 34.5 Å². The third-order valence-electron chi connectivity index (χ3n) is 5.63. The number of halogens is 2. The average Bonchev–Trinajstić information content (AvgIpc) is 2.80. The lowest BCUT2D eigenvalue weighted by atomic mass is 9.99. The van der Waals surface area contributed by atoms with Gasteiger partial charge in [0, 0.05) is 18.1 Å². The van der Waals surface area contributed by atoms with Gasteiger partial charge in [-0.1, -0.05) is 35.9 Å². The topological polar surface area (TPSA) is 82.8 Å². The van der Waals surface area contributed by atoms with Crippen LogP contribution in [-0.4, -0.2) is 18.0 Å². The quantitative estimate of drug-likeness (QED) is 0.295. The van der Waals surface area contributed by atoms with Crippen LogP contribution in [0.5, 0.6) is 5.75 Å². The molecular formula is C26H16ClFO6. The number of hydrogen-bond acceptors (Lipinski definition) is 6. The second-order valence-corrected chi connectivity index (χ2v) is 8.20. The molecule has 0 radical (unpaired) electrons. The van der Waals surface area contributed by atoms with E-state index >= 15 is 0 Å². The standard InChI is InChI=1S/C26H16ClFO6/c1-13-22(23-18(27)7-4-8-19(23)28)24(29)17-10-9-15(12-20(17)32-13)33-26(31)21-11-14-5-2-3-6-16(14)25(30)34-21/h2-10,12,21H,11H2,1H3. The number of carbonyl (C=O) groups is 2. The number of ether oxygens (including phenoxy) is 2. The van der Waals surface area contributed by atoms with E-state index < -0.39 is 29.3 Å². The molecule has 0 saturated heterocycles. The van der Waals surface area contributed by atoms with Crippen molar-refractivity contribution in [3.05, 3.63) is 98.6 Å². The summed E-state index contributed by atoms with van der Waals surface area (Å²) in [6.45, 7) is 1.52. The molecule has 1 aliphatic heterocycles. The van der Waals surface area contributed by atoms with Crippen LogP contribution in [0.3, 0.4) is 0 Å². The summed E-state index contributed by atoms with van der Waals surface area (Å²) >= 11 is 6.14. The molecule has 1 aromatic heterocycles. The average molecular weight is 479 g/mol. The van der Waals surface area contributed by atoms with Gasteiger partial charge in [-0.05, 0) is 42.8 Å². The molecule has 5 rings (SSSR count). The predicted molar refractivity (Wildman–Crippen MR) is 123 cm³/mol. The van der Waals surface area contributed by atoms with Crippen LogP contribution in [0.4, 0.5) is 4.39 Å². The summed E-state index contributed by atoms with van der Waals surface area (Å²) in [6, 6.07) is 15.2. The van der Waals surface area contributed by atoms with Gasteiger partial charge in [0.1, 0.15) is 22.9 Å². The lowest BCUT2D eigenvalue weighted by molar-refractivity contribution is -0.144. The summed E-state index contributed by atoms with van der Waals surface area (Å²) in [5.41, 5.74) is 0.775. The normalized spacial score (nSPS) is 15.0. The Labute approximate surface area is 197 Å². The minimum absolute atomic E-state index is 0.0214. The smallest absolute Gasteiger partial charge is 0.353 e. The molecule has 2 heterocycles. The van der Waals surface area contributed by atoms with Crippen LogP contribution >= 0.6 is 11.6 Å². The molecular weight excluding hydrogens is 463 g/mol. The molecule has 0 N–H and O–H groups in total. The number of carbonyl (C=O) groups excluding carboxylic acids is 2. The zero-order chi connectivity index (χ0) is 24.0. The summed E-state index contributed by atoms with van der Waals surface area (Å²) in [4.78, 5) is 38.0. The molecule has 8 heteroatoms. The van der Waals surface area contributed by atoms with Gasteiger partial charge in [0.2, 0.25) is 11.5 Å². The summed E-state index contributed by atoms with van der Waals surface area (Å²) in [7, 11) is 0. The molecule has 1 unspecified atom stereocenters. The number of rotatable bonds is 3. The van der Waals surface area contributed by atoms with Gasteiger partial charge in [-0.15, -0.1) is 0 Å². The fourth-order valence-electron chi connectivity index (χ4n) is 4.02. The number of cyclic esters (lactones) is 1. The Morgan fingerprint density at radius 3 is 2.65 bits per heavy atom. The van der Waals surface area contributed by atoms with Crippen LogP contribution in [-0.2, 0) is 16.0 Å². The van der Waals surface area contributed by atoms with Gasteiger partial charge in [0.05, 0.1) is 21.5 Å². The first-order valence-corrected chi connectivity index (χ1v) is 10.7. The number of hydrogen-bond donors (Lipinski definition) is 0. The highest BCUT2D eigenvalue weighted by molar-refractivity contribution is 6.33. The van der Waals surface area contributed by atoms with Gasteiger partial charge in [-0.25, -0.2) is 14.0 Å². The van der Waals surface area contributed by atoms with Crippen molar-refractivity contribution in [3.8, 4) is 16.9 Å². The van der Waals surface area contributed by atoms with Gasteiger partial charge in [0.15, 0.2) is 0 Å². The first kappa shape index (κ1) is 21.9. The molecule has 3 aromatic carbocycles. The van der Waals surface area contributed by atoms with Gasteiger partial charge >= 0.3 is 11.9 Å². The van der Waals surface area contributed by atoms with E-state index in [-0.39, 0.29) is 45.0 Å². The highest BCUT2D eigenvalue weighted by Crippen LogP contribution is 2.33. The Hall–Kier alpha value is -3.97. The molecule has 4 aromatic rings. The SMILES string of the molecule is Cc1oc2cc(OC(=O)C3Cc4ccccc4C(=O)O3)ccc2c(=O)c1-c1c(F)cccc1Cl. The summed E-state index contributed by atoms with van der Waals surface area (Å²) in [5.74, 6) is -1.73.